The van der Waals surface area contributed by atoms with E-state index in [1.54, 1.807) is 0 Å². The van der Waals surface area contributed by atoms with Gasteiger partial charge in [-0.25, -0.2) is 4.39 Å². The second-order valence-electron chi connectivity index (χ2n) is 1.85. The van der Waals surface area contributed by atoms with Gasteiger partial charge in [0.1, 0.15) is 0 Å². The Kier molecular flexibility index (Phi) is 2.97. The van der Waals surface area contributed by atoms with E-state index in [1.807, 2.05) is 0 Å². The summed E-state index contributed by atoms with van der Waals surface area (Å²) in [6.45, 7) is -3.04. The Morgan fingerprint density at radius 1 is 1.50 bits per heavy atom. The fraction of sp³-hybridized carbons (Fsp3) is 0.143. The van der Waals surface area contributed by atoms with Crippen LogP contribution in [0.4, 0.5) is 13.2 Å². The summed E-state index contributed by atoms with van der Waals surface area (Å²) in [7, 11) is 0. The van der Waals surface area contributed by atoms with Gasteiger partial charge in [0, 0.05) is 6.07 Å². The first-order chi connectivity index (χ1) is 5.61. The lowest BCUT2D eigenvalue weighted by Gasteiger charge is -2.06. The quantitative estimate of drug-likeness (QED) is 0.771. The molecule has 0 bridgehead atoms. The molecule has 1 nitrogen and oxygen atoms in total. The lowest BCUT2D eigenvalue weighted by atomic mass is 10.3. The van der Waals surface area contributed by atoms with Crippen LogP contribution in [0.1, 0.15) is 0 Å². The molecule has 0 fully saturated rings. The normalized spacial score (nSPS) is 10.4. The van der Waals surface area contributed by atoms with Gasteiger partial charge in [-0.05, 0) is 22.0 Å². The van der Waals surface area contributed by atoms with Crippen LogP contribution in [0.5, 0.6) is 5.75 Å². The third-order valence-electron chi connectivity index (χ3n) is 1.06. The van der Waals surface area contributed by atoms with Gasteiger partial charge in [0.15, 0.2) is 11.6 Å². The van der Waals surface area contributed by atoms with Gasteiger partial charge in [0.25, 0.3) is 0 Å². The third kappa shape index (κ3) is 2.14. The summed E-state index contributed by atoms with van der Waals surface area (Å²) in [6, 6.07) is 4.71. The Morgan fingerprint density at radius 3 is 2.67 bits per heavy atom. The summed E-state index contributed by atoms with van der Waals surface area (Å²) >= 11 is 2.82. The molecular formula is C7H3BrF3O. The summed E-state index contributed by atoms with van der Waals surface area (Å²) in [5.74, 6) is -1.37. The zero-order valence-corrected chi connectivity index (χ0v) is 7.24. The van der Waals surface area contributed by atoms with Gasteiger partial charge in [-0.2, -0.15) is 8.78 Å². The SMILES string of the molecule is Fc1cc[c]c(Br)c1OC(F)F. The van der Waals surface area contributed by atoms with Crippen LogP contribution >= 0.6 is 15.9 Å². The van der Waals surface area contributed by atoms with Crippen molar-refractivity contribution in [3.8, 4) is 5.75 Å². The smallest absolute Gasteiger partial charge is 0.387 e. The molecule has 0 aliphatic carbocycles. The summed E-state index contributed by atoms with van der Waals surface area (Å²) in [4.78, 5) is 0. The van der Waals surface area contributed by atoms with Crippen molar-refractivity contribution in [3.05, 3.63) is 28.5 Å². The Hall–Kier alpha value is -0.710. The highest BCUT2D eigenvalue weighted by atomic mass is 79.9. The molecule has 1 aromatic carbocycles. The fourth-order valence-electron chi connectivity index (χ4n) is 0.631. The molecule has 0 atom stereocenters. The molecule has 1 radical (unpaired) electrons. The maximum atomic E-state index is 12.7. The average Bonchev–Trinajstić information content (AvgIpc) is 1.97. The zero-order valence-electron chi connectivity index (χ0n) is 5.65. The lowest BCUT2D eigenvalue weighted by molar-refractivity contribution is -0.0527. The van der Waals surface area contributed by atoms with Gasteiger partial charge < -0.3 is 4.74 Å². The van der Waals surface area contributed by atoms with Crippen molar-refractivity contribution in [3.63, 3.8) is 0 Å². The molecule has 0 aromatic heterocycles. The number of alkyl halides is 2. The van der Waals surface area contributed by atoms with Crippen LogP contribution in [-0.2, 0) is 0 Å². The van der Waals surface area contributed by atoms with Crippen molar-refractivity contribution in [1.29, 1.82) is 0 Å². The van der Waals surface area contributed by atoms with E-state index in [1.165, 1.54) is 6.07 Å². The van der Waals surface area contributed by atoms with E-state index in [-0.39, 0.29) is 4.47 Å². The maximum Gasteiger partial charge on any atom is 0.387 e. The van der Waals surface area contributed by atoms with Crippen molar-refractivity contribution in [1.82, 2.24) is 0 Å². The van der Waals surface area contributed by atoms with Gasteiger partial charge >= 0.3 is 6.61 Å². The van der Waals surface area contributed by atoms with Crippen LogP contribution in [0.25, 0.3) is 0 Å². The standard InChI is InChI=1S/C7H3BrF3O/c8-4-2-1-3-5(9)6(4)12-7(10)11/h1,3,7H. The number of rotatable bonds is 2. The predicted octanol–water partition coefficient (Wildman–Crippen LogP) is 2.99. The Balaban J connectivity index is 2.96. The Bertz CT molecular complexity index is 257. The Labute approximate surface area is 75.3 Å². The topological polar surface area (TPSA) is 9.23 Å². The highest BCUT2D eigenvalue weighted by molar-refractivity contribution is 9.10. The number of halogens is 4. The number of ether oxygens (including phenoxy) is 1. The third-order valence-corrected chi connectivity index (χ3v) is 1.65. The Morgan fingerprint density at radius 2 is 2.17 bits per heavy atom. The minimum atomic E-state index is -3.04. The molecule has 1 rings (SSSR count). The first-order valence-corrected chi connectivity index (χ1v) is 3.71. The van der Waals surface area contributed by atoms with E-state index >= 15 is 0 Å². The van der Waals surface area contributed by atoms with Crippen molar-refractivity contribution >= 4 is 15.9 Å². The van der Waals surface area contributed by atoms with Crippen molar-refractivity contribution < 1.29 is 17.9 Å². The summed E-state index contributed by atoms with van der Waals surface area (Å²) < 4.78 is 39.9. The molecule has 0 aliphatic rings. The summed E-state index contributed by atoms with van der Waals surface area (Å²) in [5.41, 5.74) is 0. The first-order valence-electron chi connectivity index (χ1n) is 2.91. The van der Waals surface area contributed by atoms with Crippen molar-refractivity contribution in [2.45, 2.75) is 6.61 Å². The lowest BCUT2D eigenvalue weighted by Crippen LogP contribution is -2.04. The first kappa shape index (κ1) is 9.38. The highest BCUT2D eigenvalue weighted by Gasteiger charge is 2.12. The summed E-state index contributed by atoms with van der Waals surface area (Å²) in [6.07, 6.45) is 0. The molecule has 0 spiro atoms. The minimum Gasteiger partial charge on any atom is -0.430 e. The van der Waals surface area contributed by atoms with Crippen molar-refractivity contribution in [2.75, 3.05) is 0 Å². The molecule has 5 heteroatoms. The molecule has 12 heavy (non-hydrogen) atoms. The second kappa shape index (κ2) is 3.80. The average molecular weight is 240 g/mol. The molecule has 0 N–H and O–H groups in total. The molecule has 65 valence electrons. The molecular weight excluding hydrogens is 237 g/mol. The molecule has 0 amide bonds. The van der Waals surface area contributed by atoms with Crippen molar-refractivity contribution in [2.24, 2.45) is 0 Å². The van der Waals surface area contributed by atoms with Crippen LogP contribution in [0.15, 0.2) is 16.6 Å². The zero-order chi connectivity index (χ0) is 9.14. The van der Waals surface area contributed by atoms with Gasteiger partial charge in [0.2, 0.25) is 0 Å². The maximum absolute atomic E-state index is 12.7. The molecule has 0 saturated heterocycles. The predicted molar refractivity (Wildman–Crippen MR) is 39.6 cm³/mol. The van der Waals surface area contributed by atoms with Gasteiger partial charge in [-0.15, -0.1) is 0 Å². The molecule has 0 saturated carbocycles. The largest absolute Gasteiger partial charge is 0.430 e. The van der Waals surface area contributed by atoms with Crippen LogP contribution < -0.4 is 4.74 Å². The second-order valence-corrected chi connectivity index (χ2v) is 2.64. The van der Waals surface area contributed by atoms with E-state index in [0.717, 1.165) is 6.07 Å². The van der Waals surface area contributed by atoms with Gasteiger partial charge in [0.05, 0.1) is 4.47 Å². The molecule has 0 heterocycles. The van der Waals surface area contributed by atoms with Crippen LogP contribution in [-0.4, -0.2) is 6.61 Å². The number of hydrogen-bond acceptors (Lipinski definition) is 1. The van der Waals surface area contributed by atoms with Crippen LogP contribution in [0.3, 0.4) is 0 Å². The highest BCUT2D eigenvalue weighted by Crippen LogP contribution is 2.28. The van der Waals surface area contributed by atoms with E-state index in [0.29, 0.717) is 0 Å². The van der Waals surface area contributed by atoms with Gasteiger partial charge in [-0.1, -0.05) is 6.07 Å². The minimum absolute atomic E-state index is 0.0443. The summed E-state index contributed by atoms with van der Waals surface area (Å²) in [5, 5.41) is 0. The number of hydrogen-bond donors (Lipinski definition) is 0. The van der Waals surface area contributed by atoms with E-state index in [4.69, 9.17) is 0 Å². The van der Waals surface area contributed by atoms with E-state index in [2.05, 4.69) is 26.7 Å². The fourth-order valence-corrected chi connectivity index (χ4v) is 1.05. The van der Waals surface area contributed by atoms with E-state index in [9.17, 15) is 13.2 Å². The molecule has 0 aliphatic heterocycles. The number of benzene rings is 1. The molecule has 1 aromatic rings. The molecule has 0 unspecified atom stereocenters. The van der Waals surface area contributed by atoms with E-state index < -0.39 is 18.2 Å². The van der Waals surface area contributed by atoms with Gasteiger partial charge in [-0.3, -0.25) is 0 Å². The van der Waals surface area contributed by atoms with Crippen LogP contribution in [0.2, 0.25) is 0 Å². The monoisotopic (exact) mass is 239 g/mol. The van der Waals surface area contributed by atoms with Crippen LogP contribution in [0, 0.1) is 11.9 Å².